The van der Waals surface area contributed by atoms with Gasteiger partial charge in [0.2, 0.25) is 5.28 Å². The van der Waals surface area contributed by atoms with Crippen LogP contribution < -0.4 is 16.8 Å². The second kappa shape index (κ2) is 10.2. The molecule has 0 fully saturated rings. The maximum atomic E-state index is 5.91. The molecule has 4 aromatic rings. The second-order valence-corrected chi connectivity index (χ2v) is 7.98. The highest BCUT2D eigenvalue weighted by Gasteiger charge is 2.10. The van der Waals surface area contributed by atoms with Gasteiger partial charge in [-0.05, 0) is 65.9 Å². The van der Waals surface area contributed by atoms with Crippen molar-refractivity contribution in [3.05, 3.63) is 78.2 Å². The van der Waals surface area contributed by atoms with Crippen LogP contribution in [0.3, 0.4) is 0 Å². The van der Waals surface area contributed by atoms with Gasteiger partial charge in [0, 0.05) is 18.8 Å². The van der Waals surface area contributed by atoms with E-state index >= 15 is 0 Å². The number of hydrogen-bond acceptors (Lipinski definition) is 7. The number of ether oxygens (including phenoxy) is 1. The van der Waals surface area contributed by atoms with Gasteiger partial charge in [0.05, 0.1) is 12.9 Å². The Balaban J connectivity index is 1.20. The van der Waals surface area contributed by atoms with Crippen LogP contribution in [0.15, 0.2) is 67.3 Å². The van der Waals surface area contributed by atoms with Crippen molar-refractivity contribution in [2.24, 2.45) is 0 Å². The Morgan fingerprint density at radius 2 is 1.88 bits per heavy atom. The predicted octanol–water partition coefficient (Wildman–Crippen LogP) is 4.37. The highest BCUT2D eigenvalue weighted by molar-refractivity contribution is 6.28. The maximum Gasteiger partial charge on any atom is 0.226 e. The number of hydrogen-bond donors (Lipinski definition) is 3. The average molecular weight is 464 g/mol. The smallest absolute Gasteiger partial charge is 0.226 e. The molecule has 0 spiro atoms. The Bertz CT molecular complexity index is 1250. The second-order valence-electron chi connectivity index (χ2n) is 7.64. The van der Waals surface area contributed by atoms with Crippen LogP contribution >= 0.6 is 11.6 Å². The van der Waals surface area contributed by atoms with Crippen molar-refractivity contribution in [3.63, 3.8) is 0 Å². The lowest BCUT2D eigenvalue weighted by Gasteiger charge is -2.12. The lowest BCUT2D eigenvalue weighted by molar-refractivity contribution is 0.185. The molecule has 0 aliphatic rings. The molecule has 0 aliphatic heterocycles. The van der Waals surface area contributed by atoms with Gasteiger partial charge in [-0.2, -0.15) is 9.97 Å². The number of unbranched alkanes of at least 4 members (excludes halogenated alkanes) is 1. The fraction of sp³-hybridized carbons (Fsp3) is 0.208. The van der Waals surface area contributed by atoms with E-state index in [-0.39, 0.29) is 11.1 Å². The van der Waals surface area contributed by atoms with Crippen LogP contribution in [0.4, 0.5) is 11.5 Å². The van der Waals surface area contributed by atoms with Crippen LogP contribution in [0.2, 0.25) is 5.28 Å². The molecule has 5 N–H and O–H groups in total. The first kappa shape index (κ1) is 22.4. The van der Waals surface area contributed by atoms with Crippen LogP contribution in [0.1, 0.15) is 18.4 Å². The van der Waals surface area contributed by atoms with E-state index in [1.807, 2.05) is 34.9 Å². The summed E-state index contributed by atoms with van der Waals surface area (Å²) < 4.78 is 7.64. The SMILES string of the molecule is C=C(NCc1cccc(-c2ccc(N)cc2)c1)OCCCCn1cnc2c(N)nc(Cl)nc21. The molecule has 2 heterocycles. The van der Waals surface area contributed by atoms with E-state index in [2.05, 4.69) is 45.0 Å². The van der Waals surface area contributed by atoms with E-state index in [4.69, 9.17) is 27.8 Å². The van der Waals surface area contributed by atoms with Crippen molar-refractivity contribution >= 4 is 34.3 Å². The fourth-order valence-electron chi connectivity index (χ4n) is 3.47. The zero-order valence-corrected chi connectivity index (χ0v) is 18.9. The zero-order chi connectivity index (χ0) is 23.2. The number of aryl methyl sites for hydroxylation is 1. The lowest BCUT2D eigenvalue weighted by Crippen LogP contribution is -2.15. The minimum absolute atomic E-state index is 0.117. The average Bonchev–Trinajstić information content (AvgIpc) is 3.21. The van der Waals surface area contributed by atoms with Gasteiger partial charge in [-0.1, -0.05) is 30.3 Å². The van der Waals surface area contributed by atoms with Gasteiger partial charge in [0.1, 0.15) is 5.52 Å². The third-order valence-electron chi connectivity index (χ3n) is 5.19. The van der Waals surface area contributed by atoms with E-state index < -0.39 is 0 Å². The summed E-state index contributed by atoms with van der Waals surface area (Å²) in [5, 5.41) is 3.35. The number of anilines is 2. The summed E-state index contributed by atoms with van der Waals surface area (Å²) in [5.74, 6) is 0.835. The number of nitrogens with two attached hydrogens (primary N) is 2. The highest BCUT2D eigenvalue weighted by Crippen LogP contribution is 2.22. The standard InChI is InChI=1S/C24H26ClN7O/c1-16(28-14-17-5-4-6-19(13-17)18-7-9-20(26)10-8-18)33-12-3-2-11-32-15-29-21-22(27)30-24(25)31-23(21)32/h4-10,13,15,28H,1-3,11-12,14,26H2,(H2,27,30,31). The van der Waals surface area contributed by atoms with E-state index in [0.29, 0.717) is 30.2 Å². The van der Waals surface area contributed by atoms with Crippen molar-refractivity contribution in [2.45, 2.75) is 25.9 Å². The first-order valence-corrected chi connectivity index (χ1v) is 11.0. The van der Waals surface area contributed by atoms with Crippen molar-refractivity contribution in [1.29, 1.82) is 0 Å². The largest absolute Gasteiger partial charge is 0.480 e. The van der Waals surface area contributed by atoms with Crippen LogP contribution in [0.25, 0.3) is 22.3 Å². The van der Waals surface area contributed by atoms with E-state index in [9.17, 15) is 0 Å². The van der Waals surface area contributed by atoms with Crippen molar-refractivity contribution < 1.29 is 4.74 Å². The molecule has 0 amide bonds. The summed E-state index contributed by atoms with van der Waals surface area (Å²) in [6.45, 7) is 5.87. The normalized spacial score (nSPS) is 10.9. The third kappa shape index (κ3) is 5.72. The Hall–Kier alpha value is -3.78. The van der Waals surface area contributed by atoms with Gasteiger partial charge in [0.25, 0.3) is 0 Å². The summed E-state index contributed by atoms with van der Waals surface area (Å²) >= 11 is 5.91. The number of halogens is 1. The van der Waals surface area contributed by atoms with Gasteiger partial charge in [0.15, 0.2) is 17.3 Å². The molecule has 0 aliphatic carbocycles. The minimum atomic E-state index is 0.117. The molecular formula is C24H26ClN7O. The number of imidazole rings is 1. The third-order valence-corrected chi connectivity index (χ3v) is 5.36. The van der Waals surface area contributed by atoms with Gasteiger partial charge >= 0.3 is 0 Å². The molecule has 0 saturated carbocycles. The van der Waals surface area contributed by atoms with Crippen molar-refractivity contribution in [1.82, 2.24) is 24.8 Å². The Labute approximate surface area is 197 Å². The maximum absolute atomic E-state index is 5.91. The van der Waals surface area contributed by atoms with E-state index in [1.165, 1.54) is 0 Å². The number of nitrogen functional groups attached to an aromatic ring is 2. The summed E-state index contributed by atoms with van der Waals surface area (Å²) in [6, 6.07) is 16.2. The quantitative estimate of drug-likeness (QED) is 0.138. The zero-order valence-electron chi connectivity index (χ0n) is 18.2. The highest BCUT2D eigenvalue weighted by atomic mass is 35.5. The predicted molar refractivity (Wildman–Crippen MR) is 132 cm³/mol. The number of benzene rings is 2. The molecule has 170 valence electrons. The summed E-state index contributed by atoms with van der Waals surface area (Å²) in [7, 11) is 0. The van der Waals surface area contributed by atoms with Crippen LogP contribution in [-0.2, 0) is 17.8 Å². The van der Waals surface area contributed by atoms with Crippen molar-refractivity contribution in [3.8, 4) is 11.1 Å². The molecule has 4 rings (SSSR count). The Morgan fingerprint density at radius 1 is 1.06 bits per heavy atom. The molecule has 9 heteroatoms. The molecule has 0 saturated heterocycles. The Kier molecular flexibility index (Phi) is 6.95. The molecule has 2 aromatic heterocycles. The Morgan fingerprint density at radius 3 is 2.70 bits per heavy atom. The number of nitrogens with zero attached hydrogens (tertiary/aromatic N) is 4. The van der Waals surface area contributed by atoms with Crippen LogP contribution in [0.5, 0.6) is 0 Å². The molecule has 33 heavy (non-hydrogen) atoms. The summed E-state index contributed by atoms with van der Waals surface area (Å²) in [4.78, 5) is 12.4. The first-order valence-electron chi connectivity index (χ1n) is 10.6. The van der Waals surface area contributed by atoms with Crippen LogP contribution in [0, 0.1) is 0 Å². The summed E-state index contributed by atoms with van der Waals surface area (Å²) in [5.41, 5.74) is 17.0. The van der Waals surface area contributed by atoms with Crippen LogP contribution in [-0.4, -0.2) is 26.1 Å². The molecule has 0 bridgehead atoms. The van der Waals surface area contributed by atoms with Gasteiger partial charge in [-0.25, -0.2) is 4.98 Å². The first-order chi connectivity index (χ1) is 16.0. The lowest BCUT2D eigenvalue weighted by atomic mass is 10.0. The molecule has 8 nitrogen and oxygen atoms in total. The van der Waals surface area contributed by atoms with Gasteiger partial charge < -0.3 is 26.1 Å². The molecule has 2 aromatic carbocycles. The number of aromatic nitrogens is 4. The number of nitrogens with one attached hydrogen (secondary N) is 1. The van der Waals surface area contributed by atoms with Gasteiger partial charge in [-0.3, -0.25) is 0 Å². The fourth-order valence-corrected chi connectivity index (χ4v) is 3.64. The molecule has 0 atom stereocenters. The monoisotopic (exact) mass is 463 g/mol. The topological polar surface area (TPSA) is 117 Å². The van der Waals surface area contributed by atoms with Gasteiger partial charge in [-0.15, -0.1) is 0 Å². The van der Waals surface area contributed by atoms with E-state index in [0.717, 1.165) is 41.8 Å². The molecular weight excluding hydrogens is 438 g/mol. The molecule has 0 radical (unpaired) electrons. The number of rotatable bonds is 10. The molecule has 0 unspecified atom stereocenters. The number of fused-ring (bicyclic) bond motifs is 1. The summed E-state index contributed by atoms with van der Waals surface area (Å²) in [6.07, 6.45) is 3.43. The van der Waals surface area contributed by atoms with E-state index in [1.54, 1.807) is 6.33 Å². The minimum Gasteiger partial charge on any atom is -0.480 e. The van der Waals surface area contributed by atoms with Crippen molar-refractivity contribution in [2.75, 3.05) is 18.1 Å².